The summed E-state index contributed by atoms with van der Waals surface area (Å²) >= 11 is 1.69. The van der Waals surface area contributed by atoms with E-state index >= 15 is 0 Å². The number of benzene rings is 2. The third-order valence-corrected chi connectivity index (χ3v) is 5.11. The van der Waals surface area contributed by atoms with Gasteiger partial charge in [0, 0.05) is 49.4 Å². The number of fused-ring (bicyclic) bond motifs is 2. The summed E-state index contributed by atoms with van der Waals surface area (Å²) in [7, 11) is 8.01. The van der Waals surface area contributed by atoms with E-state index < -0.39 is 5.97 Å². The van der Waals surface area contributed by atoms with Crippen LogP contribution in [0.5, 0.6) is 0 Å². The highest BCUT2D eigenvalue weighted by molar-refractivity contribution is 7.99. The topological polar surface area (TPSA) is 47.0 Å². The molecular formula is C18H21N3O2S. The molecule has 0 aliphatic carbocycles. The van der Waals surface area contributed by atoms with Crippen molar-refractivity contribution in [3.8, 4) is 0 Å². The SMILES string of the molecule is CN(C)c1ccc2c(c1)Sc1cc(N(C)C)ccc1N2CC(=O)O. The van der Waals surface area contributed by atoms with Crippen molar-refractivity contribution >= 4 is 40.5 Å². The number of hydrogen-bond acceptors (Lipinski definition) is 5. The van der Waals surface area contributed by atoms with Gasteiger partial charge in [-0.1, -0.05) is 11.8 Å². The van der Waals surface area contributed by atoms with Crippen molar-refractivity contribution in [1.29, 1.82) is 0 Å². The van der Waals surface area contributed by atoms with E-state index in [1.165, 1.54) is 0 Å². The van der Waals surface area contributed by atoms with Gasteiger partial charge in [-0.3, -0.25) is 4.79 Å². The molecule has 1 N–H and O–H groups in total. The first-order valence-corrected chi connectivity index (χ1v) is 8.48. The maximum Gasteiger partial charge on any atom is 0.323 e. The van der Waals surface area contributed by atoms with Crippen molar-refractivity contribution in [1.82, 2.24) is 0 Å². The molecule has 0 spiro atoms. The highest BCUT2D eigenvalue weighted by Crippen LogP contribution is 2.49. The van der Waals surface area contributed by atoms with Crippen LogP contribution in [0.25, 0.3) is 0 Å². The third-order valence-electron chi connectivity index (χ3n) is 4.01. The van der Waals surface area contributed by atoms with E-state index in [2.05, 4.69) is 12.1 Å². The highest BCUT2D eigenvalue weighted by Gasteiger charge is 2.26. The second-order valence-electron chi connectivity index (χ2n) is 6.17. The van der Waals surface area contributed by atoms with Crippen molar-refractivity contribution < 1.29 is 9.90 Å². The van der Waals surface area contributed by atoms with Gasteiger partial charge in [0.2, 0.25) is 0 Å². The van der Waals surface area contributed by atoms with Gasteiger partial charge in [0.1, 0.15) is 6.54 Å². The molecule has 1 aliphatic heterocycles. The zero-order valence-corrected chi connectivity index (χ0v) is 15.1. The molecule has 0 saturated heterocycles. The number of carboxylic acids is 1. The maximum absolute atomic E-state index is 11.4. The molecule has 0 amide bonds. The smallest absolute Gasteiger partial charge is 0.323 e. The summed E-state index contributed by atoms with van der Waals surface area (Å²) in [5.74, 6) is -0.841. The monoisotopic (exact) mass is 343 g/mol. The number of anilines is 4. The molecule has 0 radical (unpaired) electrons. The average molecular weight is 343 g/mol. The van der Waals surface area contributed by atoms with Crippen LogP contribution in [-0.2, 0) is 4.79 Å². The van der Waals surface area contributed by atoms with Gasteiger partial charge in [-0.25, -0.2) is 0 Å². The first-order chi connectivity index (χ1) is 11.4. The minimum Gasteiger partial charge on any atom is -0.480 e. The fraction of sp³-hybridized carbons (Fsp3) is 0.278. The molecule has 1 heterocycles. The van der Waals surface area contributed by atoms with E-state index in [0.717, 1.165) is 32.5 Å². The predicted octanol–water partition coefficient (Wildman–Crippen LogP) is 3.51. The Morgan fingerprint density at radius 1 is 0.958 bits per heavy atom. The molecule has 5 nitrogen and oxygen atoms in total. The van der Waals surface area contributed by atoms with Crippen molar-refractivity contribution in [3.05, 3.63) is 36.4 Å². The Morgan fingerprint density at radius 2 is 1.42 bits per heavy atom. The molecule has 2 aromatic rings. The summed E-state index contributed by atoms with van der Waals surface area (Å²) in [6.07, 6.45) is 0. The lowest BCUT2D eigenvalue weighted by atomic mass is 10.2. The summed E-state index contributed by atoms with van der Waals surface area (Å²) in [5, 5.41) is 9.34. The van der Waals surface area contributed by atoms with Gasteiger partial charge in [0.15, 0.2) is 0 Å². The van der Waals surface area contributed by atoms with E-state index in [4.69, 9.17) is 0 Å². The van der Waals surface area contributed by atoms with Crippen LogP contribution in [0.4, 0.5) is 22.7 Å². The Balaban J connectivity index is 2.11. The van der Waals surface area contributed by atoms with Gasteiger partial charge in [0.25, 0.3) is 0 Å². The molecule has 0 fully saturated rings. The first kappa shape index (κ1) is 16.5. The van der Waals surface area contributed by atoms with Crippen LogP contribution in [-0.4, -0.2) is 45.8 Å². The molecule has 0 bridgehead atoms. The van der Waals surface area contributed by atoms with Gasteiger partial charge in [-0.15, -0.1) is 0 Å². The minimum absolute atomic E-state index is 0.0524. The van der Waals surface area contributed by atoms with Crippen LogP contribution >= 0.6 is 11.8 Å². The van der Waals surface area contributed by atoms with Gasteiger partial charge < -0.3 is 19.8 Å². The molecule has 126 valence electrons. The van der Waals surface area contributed by atoms with Crippen LogP contribution < -0.4 is 14.7 Å². The fourth-order valence-electron chi connectivity index (χ4n) is 2.73. The van der Waals surface area contributed by atoms with Gasteiger partial charge in [-0.2, -0.15) is 0 Å². The largest absolute Gasteiger partial charge is 0.480 e. The molecule has 0 unspecified atom stereocenters. The lowest BCUT2D eigenvalue weighted by Gasteiger charge is -2.33. The normalized spacial score (nSPS) is 12.4. The van der Waals surface area contributed by atoms with Crippen LogP contribution in [0.1, 0.15) is 0 Å². The Bertz CT molecular complexity index is 732. The number of carbonyl (C=O) groups is 1. The molecule has 24 heavy (non-hydrogen) atoms. The van der Waals surface area contributed by atoms with Gasteiger partial charge in [-0.05, 0) is 36.4 Å². The average Bonchev–Trinajstić information content (AvgIpc) is 2.52. The number of nitrogens with zero attached hydrogens (tertiary/aromatic N) is 3. The summed E-state index contributed by atoms with van der Waals surface area (Å²) in [6.45, 7) is -0.0524. The Morgan fingerprint density at radius 3 is 1.79 bits per heavy atom. The molecule has 3 rings (SSSR count). The van der Waals surface area contributed by atoms with Gasteiger partial charge in [0.05, 0.1) is 11.4 Å². The van der Waals surface area contributed by atoms with Crippen molar-refractivity contribution in [2.75, 3.05) is 49.4 Å². The van der Waals surface area contributed by atoms with Crippen molar-refractivity contribution in [2.24, 2.45) is 0 Å². The second-order valence-corrected chi connectivity index (χ2v) is 7.26. The fourth-order valence-corrected chi connectivity index (χ4v) is 3.89. The number of hydrogen-bond donors (Lipinski definition) is 1. The highest BCUT2D eigenvalue weighted by atomic mass is 32.2. The first-order valence-electron chi connectivity index (χ1n) is 7.67. The van der Waals surface area contributed by atoms with Crippen LogP contribution in [0.2, 0.25) is 0 Å². The van der Waals surface area contributed by atoms with E-state index in [9.17, 15) is 9.90 Å². The second kappa shape index (κ2) is 6.28. The summed E-state index contributed by atoms with van der Waals surface area (Å²) in [5.41, 5.74) is 4.09. The Hall–Kier alpha value is -2.34. The van der Waals surface area contributed by atoms with E-state index in [1.807, 2.05) is 67.2 Å². The maximum atomic E-state index is 11.4. The predicted molar refractivity (Wildman–Crippen MR) is 100 cm³/mol. The van der Waals surface area contributed by atoms with E-state index in [0.29, 0.717) is 0 Å². The number of carboxylic acid groups (broad SMARTS) is 1. The summed E-state index contributed by atoms with van der Waals surface area (Å²) in [6, 6.07) is 12.3. The van der Waals surface area contributed by atoms with E-state index in [1.54, 1.807) is 11.8 Å². The molecule has 2 aromatic carbocycles. The molecular weight excluding hydrogens is 322 g/mol. The van der Waals surface area contributed by atoms with Crippen molar-refractivity contribution in [3.63, 3.8) is 0 Å². The zero-order valence-electron chi connectivity index (χ0n) is 14.3. The Labute approximate surface area is 146 Å². The van der Waals surface area contributed by atoms with Crippen LogP contribution in [0.3, 0.4) is 0 Å². The number of rotatable bonds is 4. The molecule has 0 atom stereocenters. The van der Waals surface area contributed by atoms with E-state index in [-0.39, 0.29) is 6.54 Å². The lowest BCUT2D eigenvalue weighted by Crippen LogP contribution is -2.27. The molecule has 1 aliphatic rings. The number of aliphatic carboxylic acids is 1. The molecule has 0 saturated carbocycles. The minimum atomic E-state index is -0.841. The summed E-state index contributed by atoms with van der Waals surface area (Å²) in [4.78, 5) is 19.5. The zero-order chi connectivity index (χ0) is 17.4. The van der Waals surface area contributed by atoms with Crippen LogP contribution in [0, 0.1) is 0 Å². The molecule has 0 aromatic heterocycles. The quantitative estimate of drug-likeness (QED) is 0.917. The third kappa shape index (κ3) is 3.01. The van der Waals surface area contributed by atoms with Crippen molar-refractivity contribution in [2.45, 2.75) is 9.79 Å². The summed E-state index contributed by atoms with van der Waals surface area (Å²) < 4.78 is 0. The molecule has 6 heteroatoms. The van der Waals surface area contributed by atoms with Gasteiger partial charge >= 0.3 is 5.97 Å². The lowest BCUT2D eigenvalue weighted by molar-refractivity contribution is -0.135. The standard InChI is InChI=1S/C18H21N3O2S/c1-19(2)12-5-7-14-16(9-12)24-17-10-13(20(3)4)6-8-15(17)21(14)11-18(22)23/h5-10H,11H2,1-4H3,(H,22,23). The Kier molecular flexibility index (Phi) is 4.32. The van der Waals surface area contributed by atoms with Crippen LogP contribution in [0.15, 0.2) is 46.2 Å².